The average Bonchev–Trinajstić information content (AvgIpc) is 2.53. The first-order valence-electron chi connectivity index (χ1n) is 6.54. The Bertz CT molecular complexity index is 309. The predicted molar refractivity (Wildman–Crippen MR) is 66.3 cm³/mol. The van der Waals surface area contributed by atoms with Gasteiger partial charge in [0.1, 0.15) is 0 Å². The molecule has 1 atom stereocenters. The molecular formula is C13H23N3. The molecule has 2 rings (SSSR count). The van der Waals surface area contributed by atoms with E-state index in [2.05, 4.69) is 15.8 Å². The number of nitrogens with zero attached hydrogens (tertiary/aromatic N) is 2. The molecule has 90 valence electrons. The van der Waals surface area contributed by atoms with Crippen LogP contribution in [0.25, 0.3) is 0 Å². The van der Waals surface area contributed by atoms with Crippen LogP contribution in [0.5, 0.6) is 0 Å². The van der Waals surface area contributed by atoms with E-state index in [0.717, 1.165) is 6.54 Å². The van der Waals surface area contributed by atoms with Gasteiger partial charge >= 0.3 is 0 Å². The number of aromatic nitrogens is 2. The van der Waals surface area contributed by atoms with Crippen LogP contribution in [-0.2, 0) is 6.54 Å². The molecule has 0 spiro atoms. The fourth-order valence-corrected chi connectivity index (χ4v) is 2.69. The van der Waals surface area contributed by atoms with E-state index in [-0.39, 0.29) is 6.04 Å². The Morgan fingerprint density at radius 3 is 2.69 bits per heavy atom. The highest BCUT2D eigenvalue weighted by atomic mass is 15.3. The molecular weight excluding hydrogens is 198 g/mol. The lowest BCUT2D eigenvalue weighted by molar-refractivity contribution is 0.475. The molecule has 1 heterocycles. The molecule has 1 aliphatic rings. The summed E-state index contributed by atoms with van der Waals surface area (Å²) in [6.45, 7) is 2.89. The van der Waals surface area contributed by atoms with Crippen LogP contribution in [0.1, 0.15) is 57.1 Å². The van der Waals surface area contributed by atoms with Gasteiger partial charge in [-0.05, 0) is 25.8 Å². The highest BCUT2D eigenvalue weighted by Gasteiger charge is 2.18. The summed E-state index contributed by atoms with van der Waals surface area (Å²) in [6.07, 6.45) is 10.1. The molecule has 0 aromatic carbocycles. The maximum absolute atomic E-state index is 5.85. The van der Waals surface area contributed by atoms with Crippen molar-refractivity contribution in [2.24, 2.45) is 5.73 Å². The Kier molecular flexibility index (Phi) is 3.99. The van der Waals surface area contributed by atoms with Crippen molar-refractivity contribution >= 4 is 0 Å². The van der Waals surface area contributed by atoms with Gasteiger partial charge in [-0.15, -0.1) is 0 Å². The molecule has 16 heavy (non-hydrogen) atoms. The second-order valence-corrected chi connectivity index (χ2v) is 5.10. The third-order valence-electron chi connectivity index (χ3n) is 3.48. The minimum Gasteiger partial charge on any atom is -0.326 e. The Morgan fingerprint density at radius 1 is 1.38 bits per heavy atom. The molecule has 0 aliphatic heterocycles. The molecule has 1 unspecified atom stereocenters. The van der Waals surface area contributed by atoms with E-state index in [9.17, 15) is 0 Å². The monoisotopic (exact) mass is 221 g/mol. The van der Waals surface area contributed by atoms with Gasteiger partial charge in [0.05, 0.1) is 6.54 Å². The van der Waals surface area contributed by atoms with E-state index < -0.39 is 0 Å². The van der Waals surface area contributed by atoms with Crippen molar-refractivity contribution in [3.8, 4) is 0 Å². The van der Waals surface area contributed by atoms with Gasteiger partial charge in [0.15, 0.2) is 0 Å². The molecule has 1 aromatic rings. The molecule has 1 aliphatic carbocycles. The quantitative estimate of drug-likeness (QED) is 0.797. The summed E-state index contributed by atoms with van der Waals surface area (Å²) in [4.78, 5) is 0. The zero-order valence-electron chi connectivity index (χ0n) is 10.2. The van der Waals surface area contributed by atoms with Crippen LogP contribution in [-0.4, -0.2) is 15.8 Å². The van der Waals surface area contributed by atoms with E-state index in [4.69, 9.17) is 5.73 Å². The molecule has 0 saturated heterocycles. The molecule has 2 N–H and O–H groups in total. The zero-order valence-corrected chi connectivity index (χ0v) is 10.2. The zero-order chi connectivity index (χ0) is 11.4. The van der Waals surface area contributed by atoms with E-state index in [0.29, 0.717) is 5.92 Å². The Balaban J connectivity index is 2.09. The smallest absolute Gasteiger partial charge is 0.0561 e. The van der Waals surface area contributed by atoms with Gasteiger partial charge < -0.3 is 5.73 Å². The third-order valence-corrected chi connectivity index (χ3v) is 3.48. The van der Waals surface area contributed by atoms with Gasteiger partial charge in [-0.2, -0.15) is 5.10 Å². The normalized spacial score (nSPS) is 20.6. The summed E-state index contributed by atoms with van der Waals surface area (Å²) in [7, 11) is 0. The lowest BCUT2D eigenvalue weighted by Gasteiger charge is -2.17. The maximum Gasteiger partial charge on any atom is 0.0561 e. The van der Waals surface area contributed by atoms with E-state index >= 15 is 0 Å². The first-order valence-corrected chi connectivity index (χ1v) is 6.54. The van der Waals surface area contributed by atoms with Crippen LogP contribution in [0.15, 0.2) is 12.3 Å². The molecule has 0 radical (unpaired) electrons. The van der Waals surface area contributed by atoms with Crippen LogP contribution < -0.4 is 5.73 Å². The topological polar surface area (TPSA) is 43.8 Å². The lowest BCUT2D eigenvalue weighted by Crippen LogP contribution is -2.24. The molecule has 0 amide bonds. The Morgan fingerprint density at radius 2 is 2.06 bits per heavy atom. The van der Waals surface area contributed by atoms with Crippen LogP contribution >= 0.6 is 0 Å². The van der Waals surface area contributed by atoms with Crippen molar-refractivity contribution in [2.75, 3.05) is 0 Å². The molecule has 0 bridgehead atoms. The van der Waals surface area contributed by atoms with Gasteiger partial charge in [-0.25, -0.2) is 0 Å². The molecule has 3 heteroatoms. The first kappa shape index (κ1) is 11.6. The fourth-order valence-electron chi connectivity index (χ4n) is 2.69. The standard InChI is InChI=1S/C13H23N3/c1-11(14)10-16-13(8-9-15-16)12-6-4-2-3-5-7-12/h8-9,11-12H,2-7,10,14H2,1H3. The minimum atomic E-state index is 0.185. The maximum atomic E-state index is 5.85. The van der Waals surface area contributed by atoms with Gasteiger partial charge in [0.2, 0.25) is 0 Å². The van der Waals surface area contributed by atoms with Gasteiger partial charge in [-0.1, -0.05) is 25.7 Å². The van der Waals surface area contributed by atoms with Crippen LogP contribution in [0.4, 0.5) is 0 Å². The summed E-state index contributed by atoms with van der Waals surface area (Å²) in [5.41, 5.74) is 7.25. The number of hydrogen-bond donors (Lipinski definition) is 1. The summed E-state index contributed by atoms with van der Waals surface area (Å²) < 4.78 is 2.11. The average molecular weight is 221 g/mol. The Labute approximate surface area is 98.0 Å². The molecule has 1 saturated carbocycles. The second kappa shape index (κ2) is 5.48. The number of rotatable bonds is 3. The van der Waals surface area contributed by atoms with E-state index in [1.54, 1.807) is 0 Å². The summed E-state index contributed by atoms with van der Waals surface area (Å²) >= 11 is 0. The highest BCUT2D eigenvalue weighted by molar-refractivity contribution is 5.08. The second-order valence-electron chi connectivity index (χ2n) is 5.10. The third kappa shape index (κ3) is 2.85. The van der Waals surface area contributed by atoms with Crippen molar-refractivity contribution in [1.82, 2.24) is 9.78 Å². The SMILES string of the molecule is CC(N)Cn1nccc1C1CCCCCC1. The highest BCUT2D eigenvalue weighted by Crippen LogP contribution is 2.31. The van der Waals surface area contributed by atoms with Crippen molar-refractivity contribution in [3.05, 3.63) is 18.0 Å². The summed E-state index contributed by atoms with van der Waals surface area (Å²) in [5, 5.41) is 4.40. The van der Waals surface area contributed by atoms with Crippen molar-refractivity contribution < 1.29 is 0 Å². The van der Waals surface area contributed by atoms with E-state index in [1.807, 2.05) is 13.1 Å². The van der Waals surface area contributed by atoms with Gasteiger partial charge in [0.25, 0.3) is 0 Å². The first-order chi connectivity index (χ1) is 7.77. The summed E-state index contributed by atoms with van der Waals surface area (Å²) in [5.74, 6) is 0.712. The van der Waals surface area contributed by atoms with Crippen LogP contribution in [0.2, 0.25) is 0 Å². The van der Waals surface area contributed by atoms with Crippen molar-refractivity contribution in [3.63, 3.8) is 0 Å². The van der Waals surface area contributed by atoms with E-state index in [1.165, 1.54) is 44.2 Å². The lowest BCUT2D eigenvalue weighted by atomic mass is 9.96. The number of hydrogen-bond acceptors (Lipinski definition) is 2. The number of nitrogens with two attached hydrogens (primary N) is 1. The predicted octanol–water partition coefficient (Wildman–Crippen LogP) is 2.67. The minimum absolute atomic E-state index is 0.185. The largest absolute Gasteiger partial charge is 0.326 e. The van der Waals surface area contributed by atoms with Crippen LogP contribution in [0, 0.1) is 0 Å². The van der Waals surface area contributed by atoms with Crippen molar-refractivity contribution in [1.29, 1.82) is 0 Å². The van der Waals surface area contributed by atoms with Crippen molar-refractivity contribution in [2.45, 2.75) is 64.0 Å². The van der Waals surface area contributed by atoms with Crippen LogP contribution in [0.3, 0.4) is 0 Å². The molecule has 3 nitrogen and oxygen atoms in total. The Hall–Kier alpha value is -0.830. The van der Waals surface area contributed by atoms with Gasteiger partial charge in [0, 0.05) is 23.9 Å². The molecule has 1 fully saturated rings. The molecule has 1 aromatic heterocycles. The van der Waals surface area contributed by atoms with Gasteiger partial charge in [-0.3, -0.25) is 4.68 Å². The fraction of sp³-hybridized carbons (Fsp3) is 0.769. The summed E-state index contributed by atoms with van der Waals surface area (Å²) in [6, 6.07) is 2.36.